The highest BCUT2D eigenvalue weighted by Crippen LogP contribution is 2.38. The van der Waals surface area contributed by atoms with E-state index in [0.29, 0.717) is 24.1 Å². The Labute approximate surface area is 107 Å². The maximum Gasteiger partial charge on any atom is 0.244 e. The van der Waals surface area contributed by atoms with Crippen molar-refractivity contribution in [2.45, 2.75) is 25.7 Å². The zero-order valence-corrected chi connectivity index (χ0v) is 10.1. The van der Waals surface area contributed by atoms with Crippen molar-refractivity contribution >= 4 is 11.6 Å². The monoisotopic (exact) mass is 238 g/mol. The smallest absolute Gasteiger partial charge is 0.244 e. The lowest BCUT2D eigenvalue weighted by Crippen LogP contribution is -2.32. The normalized spacial score (nSPS) is 16.6. The fourth-order valence-corrected chi connectivity index (χ4v) is 2.31. The minimum absolute atomic E-state index is 0.211. The van der Waals surface area contributed by atoms with Crippen LogP contribution in [0.4, 0.5) is 5.69 Å². The molecule has 0 unspecified atom stereocenters. The van der Waals surface area contributed by atoms with Crippen LogP contribution in [0.1, 0.15) is 31.2 Å². The third kappa shape index (κ3) is 2.21. The first-order chi connectivity index (χ1) is 8.70. The summed E-state index contributed by atoms with van der Waals surface area (Å²) < 4.78 is 0. The van der Waals surface area contributed by atoms with Crippen LogP contribution in [0.15, 0.2) is 24.3 Å². The number of benzene rings is 1. The number of hydrogen-bond acceptors (Lipinski definition) is 2. The van der Waals surface area contributed by atoms with Gasteiger partial charge < -0.3 is 5.32 Å². The Bertz CT molecular complexity index is 542. The fourth-order valence-electron chi connectivity index (χ4n) is 2.31. The fraction of sp³-hybridized carbons (Fsp3) is 0.333. The molecule has 0 atom stereocenters. The quantitative estimate of drug-likeness (QED) is 0.805. The van der Waals surface area contributed by atoms with Crippen molar-refractivity contribution < 1.29 is 4.79 Å². The Morgan fingerprint density at radius 1 is 1.39 bits per heavy atom. The molecule has 18 heavy (non-hydrogen) atoms. The molecule has 2 rings (SSSR count). The number of hydrogen-bond donors (Lipinski definition) is 1. The van der Waals surface area contributed by atoms with Crippen LogP contribution in [0.2, 0.25) is 0 Å². The van der Waals surface area contributed by atoms with Gasteiger partial charge in [-0.25, -0.2) is 0 Å². The minimum atomic E-state index is -0.855. The summed E-state index contributed by atoms with van der Waals surface area (Å²) in [5, 5.41) is 12.0. The second-order valence-electron chi connectivity index (χ2n) is 4.58. The predicted octanol–water partition coefficient (Wildman–Crippen LogP) is 2.69. The van der Waals surface area contributed by atoms with Crippen molar-refractivity contribution in [2.24, 2.45) is 5.41 Å². The Morgan fingerprint density at radius 2 is 2.11 bits per heavy atom. The van der Waals surface area contributed by atoms with Crippen LogP contribution < -0.4 is 5.32 Å². The molecule has 1 N–H and O–H groups in total. The summed E-state index contributed by atoms with van der Waals surface area (Å²) in [6, 6.07) is 9.27. The molecule has 0 aromatic heterocycles. The average Bonchev–Trinajstić information content (AvgIpc) is 2.89. The molecule has 1 saturated carbocycles. The molecule has 90 valence electrons. The lowest BCUT2D eigenvalue weighted by atomic mass is 9.87. The van der Waals surface area contributed by atoms with E-state index in [0.717, 1.165) is 12.8 Å². The number of carbonyl (C=O) groups excluding carboxylic acids is 1. The Kier molecular flexibility index (Phi) is 3.35. The maximum absolute atomic E-state index is 12.2. The van der Waals surface area contributed by atoms with Gasteiger partial charge in [0.1, 0.15) is 5.41 Å². The van der Waals surface area contributed by atoms with Crippen LogP contribution in [0.3, 0.4) is 0 Å². The van der Waals surface area contributed by atoms with Gasteiger partial charge in [0.05, 0.1) is 6.07 Å². The van der Waals surface area contributed by atoms with E-state index in [-0.39, 0.29) is 5.91 Å². The first kappa shape index (κ1) is 12.2. The summed E-state index contributed by atoms with van der Waals surface area (Å²) in [5.74, 6) is 2.31. The average molecular weight is 238 g/mol. The maximum atomic E-state index is 12.2. The molecule has 0 saturated heterocycles. The number of carbonyl (C=O) groups is 1. The molecule has 1 aromatic rings. The molecule has 3 nitrogen and oxygen atoms in total. The molecule has 0 bridgehead atoms. The number of amides is 1. The van der Waals surface area contributed by atoms with Crippen LogP contribution in [-0.2, 0) is 4.79 Å². The van der Waals surface area contributed by atoms with Gasteiger partial charge in [-0.2, -0.15) is 5.26 Å². The molecular formula is C15H14N2O. The van der Waals surface area contributed by atoms with Crippen molar-refractivity contribution in [3.05, 3.63) is 29.8 Å². The lowest BCUT2D eigenvalue weighted by Gasteiger charge is -2.19. The SMILES string of the molecule is C#Cc1cccc(NC(=O)C2(C#N)CCCC2)c1. The molecule has 0 radical (unpaired) electrons. The standard InChI is InChI=1S/C15H14N2O/c1-2-12-6-5-7-13(10-12)17-14(18)15(11-16)8-3-4-9-15/h1,5-7,10H,3-4,8-9H2,(H,17,18). The van der Waals surface area contributed by atoms with Gasteiger partial charge in [0.2, 0.25) is 5.91 Å². The highest BCUT2D eigenvalue weighted by Gasteiger charge is 2.41. The van der Waals surface area contributed by atoms with E-state index in [4.69, 9.17) is 6.42 Å². The zero-order chi connectivity index (χ0) is 13.0. The minimum Gasteiger partial charge on any atom is -0.325 e. The van der Waals surface area contributed by atoms with Crippen LogP contribution in [0.5, 0.6) is 0 Å². The van der Waals surface area contributed by atoms with E-state index in [1.807, 2.05) is 0 Å². The van der Waals surface area contributed by atoms with Crippen LogP contribution in [-0.4, -0.2) is 5.91 Å². The number of rotatable bonds is 2. The summed E-state index contributed by atoms with van der Waals surface area (Å²) in [7, 11) is 0. The zero-order valence-electron chi connectivity index (χ0n) is 10.1. The third-order valence-electron chi connectivity index (χ3n) is 3.39. The van der Waals surface area contributed by atoms with Crippen LogP contribution in [0, 0.1) is 29.1 Å². The Balaban J connectivity index is 2.16. The number of nitrogens with one attached hydrogen (secondary N) is 1. The summed E-state index contributed by atoms with van der Waals surface area (Å²) in [6.07, 6.45) is 8.47. The van der Waals surface area contributed by atoms with Gasteiger partial charge in [-0.05, 0) is 31.0 Å². The van der Waals surface area contributed by atoms with Crippen LogP contribution >= 0.6 is 0 Å². The van der Waals surface area contributed by atoms with Crippen molar-refractivity contribution in [2.75, 3.05) is 5.32 Å². The summed E-state index contributed by atoms with van der Waals surface area (Å²) in [4.78, 5) is 12.2. The lowest BCUT2D eigenvalue weighted by molar-refractivity contribution is -0.122. The van der Waals surface area contributed by atoms with E-state index >= 15 is 0 Å². The second kappa shape index (κ2) is 4.94. The highest BCUT2D eigenvalue weighted by atomic mass is 16.2. The van der Waals surface area contributed by atoms with E-state index < -0.39 is 5.41 Å². The molecule has 0 heterocycles. The largest absolute Gasteiger partial charge is 0.325 e. The Hall–Kier alpha value is -2.26. The third-order valence-corrected chi connectivity index (χ3v) is 3.39. The van der Waals surface area contributed by atoms with Gasteiger partial charge in [-0.3, -0.25) is 4.79 Å². The van der Waals surface area contributed by atoms with E-state index in [9.17, 15) is 10.1 Å². The molecular weight excluding hydrogens is 224 g/mol. The van der Waals surface area contributed by atoms with Crippen LogP contribution in [0.25, 0.3) is 0 Å². The van der Waals surface area contributed by atoms with Gasteiger partial charge >= 0.3 is 0 Å². The number of nitriles is 1. The van der Waals surface area contributed by atoms with Crippen molar-refractivity contribution in [3.8, 4) is 18.4 Å². The van der Waals surface area contributed by atoms with Gasteiger partial charge in [0, 0.05) is 11.3 Å². The number of nitrogens with zero attached hydrogens (tertiary/aromatic N) is 1. The number of terminal acetylenes is 1. The van der Waals surface area contributed by atoms with Gasteiger partial charge in [-0.15, -0.1) is 6.42 Å². The summed E-state index contributed by atoms with van der Waals surface area (Å²) in [5.41, 5.74) is 0.508. The van der Waals surface area contributed by atoms with Gasteiger partial charge in [-0.1, -0.05) is 24.8 Å². The first-order valence-electron chi connectivity index (χ1n) is 5.99. The predicted molar refractivity (Wildman–Crippen MR) is 69.5 cm³/mol. The van der Waals surface area contributed by atoms with Gasteiger partial charge in [0.25, 0.3) is 0 Å². The molecule has 0 spiro atoms. The van der Waals surface area contributed by atoms with Gasteiger partial charge in [0.15, 0.2) is 0 Å². The topological polar surface area (TPSA) is 52.9 Å². The summed E-state index contributed by atoms with van der Waals surface area (Å²) in [6.45, 7) is 0. The van der Waals surface area contributed by atoms with E-state index in [2.05, 4.69) is 17.3 Å². The van der Waals surface area contributed by atoms with Crippen molar-refractivity contribution in [1.82, 2.24) is 0 Å². The molecule has 1 aliphatic carbocycles. The van der Waals surface area contributed by atoms with E-state index in [1.165, 1.54) is 0 Å². The number of anilines is 1. The molecule has 1 amide bonds. The first-order valence-corrected chi connectivity index (χ1v) is 5.99. The molecule has 1 aliphatic rings. The Morgan fingerprint density at radius 3 is 2.72 bits per heavy atom. The highest BCUT2D eigenvalue weighted by molar-refractivity contribution is 5.97. The molecule has 0 aliphatic heterocycles. The van der Waals surface area contributed by atoms with E-state index in [1.54, 1.807) is 24.3 Å². The summed E-state index contributed by atoms with van der Waals surface area (Å²) >= 11 is 0. The van der Waals surface area contributed by atoms with Crippen molar-refractivity contribution in [1.29, 1.82) is 5.26 Å². The second-order valence-corrected chi connectivity index (χ2v) is 4.58. The molecule has 3 heteroatoms. The molecule has 1 fully saturated rings. The van der Waals surface area contributed by atoms with Crippen molar-refractivity contribution in [3.63, 3.8) is 0 Å². The molecule has 1 aromatic carbocycles.